The number of amides is 2. The highest BCUT2D eigenvalue weighted by Gasteiger charge is 2.23. The van der Waals surface area contributed by atoms with Gasteiger partial charge in [-0.25, -0.2) is 0 Å². The molecule has 25 heavy (non-hydrogen) atoms. The van der Waals surface area contributed by atoms with Crippen LogP contribution < -0.4 is 15.4 Å². The molecule has 0 atom stereocenters. The zero-order chi connectivity index (χ0) is 18.4. The lowest BCUT2D eigenvalue weighted by Crippen LogP contribution is -2.44. The molecule has 0 aliphatic heterocycles. The number of hydrogen-bond donors (Lipinski definition) is 3. The van der Waals surface area contributed by atoms with Crippen LogP contribution in [-0.2, 0) is 4.79 Å². The summed E-state index contributed by atoms with van der Waals surface area (Å²) in [5.74, 6) is 0.412. The van der Waals surface area contributed by atoms with Crippen LogP contribution in [0.3, 0.4) is 0 Å². The van der Waals surface area contributed by atoms with Crippen molar-refractivity contribution in [1.82, 2.24) is 20.8 Å². The summed E-state index contributed by atoms with van der Waals surface area (Å²) in [7, 11) is 3.20. The molecule has 7 nitrogen and oxygen atoms in total. The van der Waals surface area contributed by atoms with Crippen LogP contribution in [0, 0.1) is 0 Å². The number of H-pyrrole nitrogens is 1. The van der Waals surface area contributed by atoms with Gasteiger partial charge in [0.2, 0.25) is 5.91 Å². The van der Waals surface area contributed by atoms with Crippen LogP contribution in [0.1, 0.15) is 37.2 Å². The van der Waals surface area contributed by atoms with Crippen LogP contribution in [0.2, 0.25) is 0 Å². The second-order valence-electron chi connectivity index (χ2n) is 6.41. The van der Waals surface area contributed by atoms with Crippen LogP contribution in [0.25, 0.3) is 11.3 Å². The molecule has 0 fully saturated rings. The Morgan fingerprint density at radius 3 is 2.72 bits per heavy atom. The number of nitrogens with one attached hydrogen (secondary N) is 3. The fourth-order valence-corrected chi connectivity index (χ4v) is 2.36. The Hall–Kier alpha value is -2.83. The lowest BCUT2D eigenvalue weighted by atomic mass is 9.98. The summed E-state index contributed by atoms with van der Waals surface area (Å²) in [5, 5.41) is 12.5. The average molecular weight is 344 g/mol. The first-order valence-electron chi connectivity index (χ1n) is 8.07. The third-order valence-electron chi connectivity index (χ3n) is 3.90. The van der Waals surface area contributed by atoms with Gasteiger partial charge in [0, 0.05) is 24.6 Å². The van der Waals surface area contributed by atoms with Crippen molar-refractivity contribution in [2.45, 2.75) is 32.2 Å². The molecule has 0 spiro atoms. The van der Waals surface area contributed by atoms with Gasteiger partial charge in [-0.3, -0.25) is 14.7 Å². The Bertz CT molecular complexity index is 752. The van der Waals surface area contributed by atoms with E-state index in [2.05, 4.69) is 20.8 Å². The normalized spacial score (nSPS) is 11.0. The van der Waals surface area contributed by atoms with Crippen molar-refractivity contribution in [3.8, 4) is 17.0 Å². The van der Waals surface area contributed by atoms with E-state index in [1.54, 1.807) is 20.2 Å². The number of carbonyl (C=O) groups is 2. The predicted octanol–water partition coefficient (Wildman–Crippen LogP) is 2.12. The molecule has 1 heterocycles. The van der Waals surface area contributed by atoms with E-state index in [1.807, 2.05) is 38.1 Å². The fraction of sp³-hybridized carbons (Fsp3) is 0.389. The summed E-state index contributed by atoms with van der Waals surface area (Å²) in [6.07, 6.45) is 0.886. The number of hydrogen-bond acceptors (Lipinski definition) is 4. The molecule has 0 saturated heterocycles. The van der Waals surface area contributed by atoms with Gasteiger partial charge in [-0.1, -0.05) is 12.1 Å². The quantitative estimate of drug-likeness (QED) is 0.717. The summed E-state index contributed by atoms with van der Waals surface area (Å²) in [5.41, 5.74) is 1.37. The molecule has 0 aliphatic carbocycles. The van der Waals surface area contributed by atoms with Crippen LogP contribution in [0.5, 0.6) is 5.75 Å². The minimum atomic E-state index is -0.509. The molecule has 0 bridgehead atoms. The number of aromatic nitrogens is 2. The maximum absolute atomic E-state index is 12.4. The van der Waals surface area contributed by atoms with Crippen LogP contribution in [-0.4, -0.2) is 41.7 Å². The number of ether oxygens (including phenoxy) is 1. The third-order valence-corrected chi connectivity index (χ3v) is 3.90. The molecule has 2 aromatic rings. The Morgan fingerprint density at radius 2 is 2.04 bits per heavy atom. The van der Waals surface area contributed by atoms with Gasteiger partial charge in [-0.05, 0) is 38.5 Å². The number of aromatic amines is 1. The topological polar surface area (TPSA) is 96.1 Å². The largest absolute Gasteiger partial charge is 0.497 e. The zero-order valence-corrected chi connectivity index (χ0v) is 15.0. The molecule has 0 unspecified atom stereocenters. The Morgan fingerprint density at radius 1 is 1.28 bits per heavy atom. The van der Waals surface area contributed by atoms with Crippen LogP contribution in [0.15, 0.2) is 30.3 Å². The van der Waals surface area contributed by atoms with Crippen LogP contribution >= 0.6 is 0 Å². The minimum absolute atomic E-state index is 0.0517. The van der Waals surface area contributed by atoms with Gasteiger partial charge in [0.15, 0.2) is 0 Å². The Kier molecular flexibility index (Phi) is 5.80. The number of benzene rings is 1. The number of rotatable bonds is 7. The van der Waals surface area contributed by atoms with Gasteiger partial charge in [-0.2, -0.15) is 5.10 Å². The van der Waals surface area contributed by atoms with Crippen molar-refractivity contribution in [3.63, 3.8) is 0 Å². The van der Waals surface area contributed by atoms with E-state index in [0.717, 1.165) is 11.3 Å². The first kappa shape index (κ1) is 18.5. The number of methoxy groups -OCH3 is 1. The zero-order valence-electron chi connectivity index (χ0n) is 15.0. The van der Waals surface area contributed by atoms with Crippen LogP contribution in [0.4, 0.5) is 0 Å². The molecule has 1 aromatic heterocycles. The Labute approximate surface area is 147 Å². The van der Waals surface area contributed by atoms with Crippen molar-refractivity contribution in [3.05, 3.63) is 36.0 Å². The molecule has 2 rings (SSSR count). The lowest BCUT2D eigenvalue weighted by molar-refractivity contribution is -0.121. The van der Waals surface area contributed by atoms with Gasteiger partial charge < -0.3 is 15.4 Å². The van der Waals surface area contributed by atoms with Gasteiger partial charge in [0.05, 0.1) is 12.8 Å². The van der Waals surface area contributed by atoms with E-state index >= 15 is 0 Å². The lowest BCUT2D eigenvalue weighted by Gasteiger charge is -2.25. The highest BCUT2D eigenvalue weighted by Crippen LogP contribution is 2.23. The molecule has 134 valence electrons. The van der Waals surface area contributed by atoms with E-state index in [0.29, 0.717) is 24.2 Å². The molecule has 7 heteroatoms. The monoisotopic (exact) mass is 344 g/mol. The van der Waals surface area contributed by atoms with E-state index in [9.17, 15) is 9.59 Å². The SMILES string of the molecule is CNC(=O)CCC(C)(C)NC(=O)c1cc(-c2cccc(OC)c2)n[nH]1. The van der Waals surface area contributed by atoms with Gasteiger partial charge in [0.1, 0.15) is 11.4 Å². The molecule has 1 aromatic carbocycles. The van der Waals surface area contributed by atoms with E-state index in [4.69, 9.17) is 4.74 Å². The summed E-state index contributed by atoms with van der Waals surface area (Å²) in [6.45, 7) is 3.76. The average Bonchev–Trinajstić information content (AvgIpc) is 3.09. The second-order valence-corrected chi connectivity index (χ2v) is 6.41. The molecule has 0 saturated carbocycles. The predicted molar refractivity (Wildman–Crippen MR) is 95.4 cm³/mol. The highest BCUT2D eigenvalue weighted by molar-refractivity contribution is 5.93. The van der Waals surface area contributed by atoms with E-state index in [-0.39, 0.29) is 11.8 Å². The number of nitrogens with zero attached hydrogens (tertiary/aromatic N) is 1. The molecular weight excluding hydrogens is 320 g/mol. The van der Waals surface area contributed by atoms with Crippen molar-refractivity contribution >= 4 is 11.8 Å². The molecule has 0 aliphatic rings. The first-order valence-corrected chi connectivity index (χ1v) is 8.07. The molecule has 2 amide bonds. The van der Waals surface area contributed by atoms with Crippen molar-refractivity contribution in [2.75, 3.05) is 14.2 Å². The van der Waals surface area contributed by atoms with Crippen molar-refractivity contribution in [2.24, 2.45) is 0 Å². The second kappa shape index (κ2) is 7.83. The summed E-state index contributed by atoms with van der Waals surface area (Å²) < 4.78 is 5.20. The highest BCUT2D eigenvalue weighted by atomic mass is 16.5. The molecular formula is C18H24N4O3. The maximum atomic E-state index is 12.4. The van der Waals surface area contributed by atoms with Crippen molar-refractivity contribution < 1.29 is 14.3 Å². The van der Waals surface area contributed by atoms with E-state index in [1.165, 1.54) is 0 Å². The maximum Gasteiger partial charge on any atom is 0.269 e. The third kappa shape index (κ3) is 5.07. The minimum Gasteiger partial charge on any atom is -0.497 e. The van der Waals surface area contributed by atoms with Gasteiger partial charge in [0.25, 0.3) is 5.91 Å². The number of carbonyl (C=O) groups excluding carboxylic acids is 2. The van der Waals surface area contributed by atoms with E-state index < -0.39 is 5.54 Å². The molecule has 3 N–H and O–H groups in total. The van der Waals surface area contributed by atoms with Crippen molar-refractivity contribution in [1.29, 1.82) is 0 Å². The van der Waals surface area contributed by atoms with Gasteiger partial charge in [-0.15, -0.1) is 0 Å². The first-order chi connectivity index (χ1) is 11.8. The summed E-state index contributed by atoms with van der Waals surface area (Å²) in [6, 6.07) is 9.15. The standard InChI is InChI=1S/C18H24N4O3/c1-18(2,9-8-16(23)19-3)20-17(24)15-11-14(21-22-15)12-6-5-7-13(10-12)25-4/h5-7,10-11H,8-9H2,1-4H3,(H,19,23)(H,20,24)(H,21,22). The summed E-state index contributed by atoms with van der Waals surface area (Å²) in [4.78, 5) is 23.8. The van der Waals surface area contributed by atoms with Gasteiger partial charge >= 0.3 is 0 Å². The Balaban J connectivity index is 2.05. The summed E-state index contributed by atoms with van der Waals surface area (Å²) >= 11 is 0. The fourth-order valence-electron chi connectivity index (χ4n) is 2.36. The molecule has 0 radical (unpaired) electrons. The smallest absolute Gasteiger partial charge is 0.269 e.